The third kappa shape index (κ3) is 6.63. The molecule has 0 saturated heterocycles. The normalized spacial score (nSPS) is 11.3. The maximum Gasteiger partial charge on any atom is 0.234 e. The Hall–Kier alpha value is -2.32. The molecule has 3 aromatic rings. The summed E-state index contributed by atoms with van der Waals surface area (Å²) in [7, 11) is 0. The second kappa shape index (κ2) is 11.9. The molecule has 0 unspecified atom stereocenters. The molecule has 34 heavy (non-hydrogen) atoms. The van der Waals surface area contributed by atoms with E-state index >= 15 is 0 Å². The molecule has 1 heterocycles. The Morgan fingerprint density at radius 3 is 2.50 bits per heavy atom. The number of aryl methyl sites for hydroxylation is 1. The maximum atomic E-state index is 12.7. The lowest BCUT2D eigenvalue weighted by Crippen LogP contribution is -2.16. The molecular formula is C26H33BrN4O2S. The number of carbonyl (C=O) groups excluding carboxylic acids is 1. The summed E-state index contributed by atoms with van der Waals surface area (Å²) in [4.78, 5) is 12.7. The van der Waals surface area contributed by atoms with Crippen LogP contribution in [0.1, 0.15) is 69.0 Å². The van der Waals surface area contributed by atoms with Crippen molar-refractivity contribution in [1.29, 1.82) is 0 Å². The summed E-state index contributed by atoms with van der Waals surface area (Å²) in [6.07, 6.45) is 0. The van der Waals surface area contributed by atoms with Crippen molar-refractivity contribution >= 4 is 39.3 Å². The first-order chi connectivity index (χ1) is 16.2. The fourth-order valence-corrected chi connectivity index (χ4v) is 4.88. The third-order valence-electron chi connectivity index (χ3n) is 5.50. The Morgan fingerprint density at radius 1 is 1.09 bits per heavy atom. The summed E-state index contributed by atoms with van der Waals surface area (Å²) >= 11 is 4.89. The van der Waals surface area contributed by atoms with E-state index in [2.05, 4.69) is 84.3 Å². The van der Waals surface area contributed by atoms with Gasteiger partial charge in [-0.2, -0.15) is 0 Å². The summed E-state index contributed by atoms with van der Waals surface area (Å²) < 4.78 is 9.16. The van der Waals surface area contributed by atoms with Gasteiger partial charge in [-0.15, -0.1) is 10.2 Å². The van der Waals surface area contributed by atoms with Gasteiger partial charge in [0.15, 0.2) is 11.0 Å². The van der Waals surface area contributed by atoms with Gasteiger partial charge >= 0.3 is 0 Å². The van der Waals surface area contributed by atoms with Gasteiger partial charge in [-0.25, -0.2) is 0 Å². The second-order valence-electron chi connectivity index (χ2n) is 8.85. The molecular weight excluding hydrogens is 512 g/mol. The van der Waals surface area contributed by atoms with Crippen LogP contribution >= 0.6 is 27.7 Å². The fourth-order valence-electron chi connectivity index (χ4n) is 3.68. The zero-order valence-electron chi connectivity index (χ0n) is 20.7. The van der Waals surface area contributed by atoms with E-state index in [1.807, 2.05) is 29.7 Å². The number of aromatic nitrogens is 3. The number of amides is 1. The molecule has 2 aromatic carbocycles. The highest BCUT2D eigenvalue weighted by Crippen LogP contribution is 2.29. The van der Waals surface area contributed by atoms with Gasteiger partial charge in [0.25, 0.3) is 0 Å². The highest BCUT2D eigenvalue weighted by atomic mass is 79.9. The fraction of sp³-hybridized carbons (Fsp3) is 0.423. The highest BCUT2D eigenvalue weighted by Gasteiger charge is 2.16. The van der Waals surface area contributed by atoms with Gasteiger partial charge in [-0.05, 0) is 66.6 Å². The van der Waals surface area contributed by atoms with Crippen molar-refractivity contribution in [2.24, 2.45) is 0 Å². The van der Waals surface area contributed by atoms with Gasteiger partial charge < -0.3 is 14.6 Å². The van der Waals surface area contributed by atoms with Gasteiger partial charge in [-0.3, -0.25) is 4.79 Å². The Labute approximate surface area is 215 Å². The SMILES string of the molecule is CCn1c(COc2cc(C)ccc2C(C)C)nnc1SCC(=O)Nc1ccc(Br)cc1C(C)C. The summed E-state index contributed by atoms with van der Waals surface area (Å²) in [5.74, 6) is 2.48. The van der Waals surface area contributed by atoms with Crippen molar-refractivity contribution in [2.45, 2.75) is 71.7 Å². The predicted octanol–water partition coefficient (Wildman–Crippen LogP) is 6.93. The van der Waals surface area contributed by atoms with E-state index in [-0.39, 0.29) is 11.7 Å². The average molecular weight is 546 g/mol. The Morgan fingerprint density at radius 2 is 1.82 bits per heavy atom. The highest BCUT2D eigenvalue weighted by molar-refractivity contribution is 9.10. The van der Waals surface area contributed by atoms with E-state index in [0.29, 0.717) is 30.1 Å². The number of benzene rings is 2. The van der Waals surface area contributed by atoms with E-state index in [9.17, 15) is 4.79 Å². The molecule has 0 atom stereocenters. The molecule has 1 aromatic heterocycles. The van der Waals surface area contributed by atoms with Crippen LogP contribution in [0.25, 0.3) is 0 Å². The minimum atomic E-state index is -0.0704. The first-order valence-corrected chi connectivity index (χ1v) is 13.3. The van der Waals surface area contributed by atoms with Crippen molar-refractivity contribution in [3.63, 3.8) is 0 Å². The molecule has 3 rings (SSSR count). The zero-order chi connectivity index (χ0) is 24.8. The van der Waals surface area contributed by atoms with Crippen LogP contribution < -0.4 is 10.1 Å². The van der Waals surface area contributed by atoms with Crippen LogP contribution in [-0.4, -0.2) is 26.4 Å². The molecule has 0 saturated carbocycles. The summed E-state index contributed by atoms with van der Waals surface area (Å²) in [5.41, 5.74) is 4.27. The molecule has 0 fully saturated rings. The summed E-state index contributed by atoms with van der Waals surface area (Å²) in [5, 5.41) is 12.4. The number of nitrogens with one attached hydrogen (secondary N) is 1. The van der Waals surface area contributed by atoms with Crippen LogP contribution in [0.3, 0.4) is 0 Å². The zero-order valence-corrected chi connectivity index (χ0v) is 23.1. The number of ether oxygens (including phenoxy) is 1. The van der Waals surface area contributed by atoms with E-state index in [1.165, 1.54) is 17.3 Å². The van der Waals surface area contributed by atoms with Gasteiger partial charge in [0.05, 0.1) is 5.75 Å². The number of carbonyl (C=O) groups is 1. The third-order valence-corrected chi connectivity index (χ3v) is 6.96. The maximum absolute atomic E-state index is 12.7. The molecule has 6 nitrogen and oxygen atoms in total. The second-order valence-corrected chi connectivity index (χ2v) is 10.7. The molecule has 0 aliphatic carbocycles. The smallest absolute Gasteiger partial charge is 0.234 e. The van der Waals surface area contributed by atoms with Crippen LogP contribution in [0, 0.1) is 6.92 Å². The largest absolute Gasteiger partial charge is 0.485 e. The molecule has 0 aliphatic rings. The van der Waals surface area contributed by atoms with Gasteiger partial charge in [-0.1, -0.05) is 67.5 Å². The van der Waals surface area contributed by atoms with E-state index < -0.39 is 0 Å². The quantitative estimate of drug-likeness (QED) is 0.280. The summed E-state index contributed by atoms with van der Waals surface area (Å²) in [6, 6.07) is 12.2. The van der Waals surface area contributed by atoms with Crippen molar-refractivity contribution in [1.82, 2.24) is 14.8 Å². The molecule has 0 radical (unpaired) electrons. The van der Waals surface area contributed by atoms with Crippen LogP contribution in [0.2, 0.25) is 0 Å². The standard InChI is InChI=1S/C26H33BrN4O2S/c1-7-31-24(14-33-23-12-18(6)8-10-20(23)16(2)3)29-30-26(31)34-15-25(32)28-22-11-9-19(27)13-21(22)17(4)5/h8-13,16-17H,7,14-15H2,1-6H3,(H,28,32). The monoisotopic (exact) mass is 544 g/mol. The minimum absolute atomic E-state index is 0.0704. The molecule has 0 aliphatic heterocycles. The predicted molar refractivity (Wildman–Crippen MR) is 143 cm³/mol. The Kier molecular flexibility index (Phi) is 9.19. The lowest BCUT2D eigenvalue weighted by molar-refractivity contribution is -0.113. The van der Waals surface area contributed by atoms with Gasteiger partial charge in [0.2, 0.25) is 5.91 Å². The number of hydrogen-bond donors (Lipinski definition) is 1. The number of nitrogens with zero attached hydrogens (tertiary/aromatic N) is 3. The average Bonchev–Trinajstić information content (AvgIpc) is 3.18. The molecule has 182 valence electrons. The molecule has 8 heteroatoms. The van der Waals surface area contributed by atoms with Gasteiger partial charge in [0.1, 0.15) is 12.4 Å². The molecule has 1 N–H and O–H groups in total. The number of rotatable bonds is 10. The van der Waals surface area contributed by atoms with Crippen LogP contribution in [0.4, 0.5) is 5.69 Å². The lowest BCUT2D eigenvalue weighted by atomic mass is 10.0. The van der Waals surface area contributed by atoms with Crippen molar-refractivity contribution in [3.05, 3.63) is 63.4 Å². The number of thioether (sulfide) groups is 1. The molecule has 1 amide bonds. The Bertz CT molecular complexity index is 1140. The van der Waals surface area contributed by atoms with Crippen LogP contribution in [0.15, 0.2) is 46.0 Å². The van der Waals surface area contributed by atoms with Crippen LogP contribution in [-0.2, 0) is 17.9 Å². The minimum Gasteiger partial charge on any atom is -0.485 e. The van der Waals surface area contributed by atoms with Gasteiger partial charge in [0, 0.05) is 16.7 Å². The first-order valence-electron chi connectivity index (χ1n) is 11.6. The molecule has 0 bridgehead atoms. The van der Waals surface area contributed by atoms with Crippen molar-refractivity contribution in [2.75, 3.05) is 11.1 Å². The van der Waals surface area contributed by atoms with Crippen molar-refractivity contribution < 1.29 is 9.53 Å². The summed E-state index contributed by atoms with van der Waals surface area (Å²) in [6.45, 7) is 13.7. The first kappa shape index (κ1) is 26.3. The number of anilines is 1. The van der Waals surface area contributed by atoms with Crippen molar-refractivity contribution in [3.8, 4) is 5.75 Å². The van der Waals surface area contributed by atoms with E-state index in [1.54, 1.807) is 0 Å². The lowest BCUT2D eigenvalue weighted by Gasteiger charge is -2.15. The number of halogens is 1. The van der Waals surface area contributed by atoms with E-state index in [0.717, 1.165) is 32.9 Å². The molecule has 0 spiro atoms. The van der Waals surface area contributed by atoms with E-state index in [4.69, 9.17) is 4.74 Å². The van der Waals surface area contributed by atoms with Crippen LogP contribution in [0.5, 0.6) is 5.75 Å². The Balaban J connectivity index is 1.65. The topological polar surface area (TPSA) is 69.0 Å². The number of hydrogen-bond acceptors (Lipinski definition) is 5.